The van der Waals surface area contributed by atoms with Gasteiger partial charge in [0, 0.05) is 31.0 Å². The molecule has 2 amide bonds. The maximum Gasteiger partial charge on any atom is 0.245 e. The third kappa shape index (κ3) is 5.32. The third-order valence-electron chi connectivity index (χ3n) is 5.05. The fraction of sp³-hybridized carbons (Fsp3) is 0.750. The SMILES string of the molecule is CCCCN(CC(=O)Nc1cc(C(C)(C)C)nn1C)C(=O)C1CCCC1. The molecule has 26 heavy (non-hydrogen) atoms. The van der Waals surface area contributed by atoms with Gasteiger partial charge in [0.05, 0.1) is 12.2 Å². The molecule has 6 nitrogen and oxygen atoms in total. The summed E-state index contributed by atoms with van der Waals surface area (Å²) in [6, 6.07) is 1.91. The smallest absolute Gasteiger partial charge is 0.245 e. The first-order valence-electron chi connectivity index (χ1n) is 9.85. The molecule has 1 fully saturated rings. The lowest BCUT2D eigenvalue weighted by molar-refractivity contribution is -0.138. The van der Waals surface area contributed by atoms with Gasteiger partial charge in [-0.2, -0.15) is 5.10 Å². The molecule has 0 radical (unpaired) electrons. The van der Waals surface area contributed by atoms with Crippen molar-refractivity contribution in [3.8, 4) is 0 Å². The molecular formula is C20H34N4O2. The minimum atomic E-state index is -0.157. The van der Waals surface area contributed by atoms with Crippen LogP contribution in [0.15, 0.2) is 6.07 Å². The fourth-order valence-electron chi connectivity index (χ4n) is 3.35. The van der Waals surface area contributed by atoms with Crippen LogP contribution < -0.4 is 5.32 Å². The molecule has 0 aromatic carbocycles. The van der Waals surface area contributed by atoms with Gasteiger partial charge in [-0.25, -0.2) is 0 Å². The summed E-state index contributed by atoms with van der Waals surface area (Å²) in [5.74, 6) is 0.759. The Morgan fingerprint density at radius 3 is 2.50 bits per heavy atom. The number of aromatic nitrogens is 2. The average Bonchev–Trinajstić information content (AvgIpc) is 3.21. The molecule has 0 unspecified atom stereocenters. The number of hydrogen-bond donors (Lipinski definition) is 1. The molecule has 1 aromatic heterocycles. The normalized spacial score (nSPS) is 15.3. The van der Waals surface area contributed by atoms with Gasteiger partial charge in [0.25, 0.3) is 0 Å². The van der Waals surface area contributed by atoms with Crippen LogP contribution in [-0.2, 0) is 22.1 Å². The molecule has 1 saturated carbocycles. The number of carbonyl (C=O) groups excluding carboxylic acids is 2. The minimum Gasteiger partial charge on any atom is -0.333 e. The van der Waals surface area contributed by atoms with Gasteiger partial charge in [-0.3, -0.25) is 14.3 Å². The monoisotopic (exact) mass is 362 g/mol. The molecule has 1 aliphatic rings. The Kier molecular flexibility index (Phi) is 6.84. The summed E-state index contributed by atoms with van der Waals surface area (Å²) < 4.78 is 1.69. The molecule has 0 aliphatic heterocycles. The Labute approximate surface area is 157 Å². The lowest BCUT2D eigenvalue weighted by Crippen LogP contribution is -2.41. The fourth-order valence-corrected chi connectivity index (χ4v) is 3.35. The highest BCUT2D eigenvalue weighted by atomic mass is 16.2. The van der Waals surface area contributed by atoms with Crippen molar-refractivity contribution in [2.45, 2.75) is 71.6 Å². The highest BCUT2D eigenvalue weighted by Gasteiger charge is 2.28. The topological polar surface area (TPSA) is 67.2 Å². The summed E-state index contributed by atoms with van der Waals surface area (Å²) in [6.45, 7) is 9.14. The molecule has 1 aromatic rings. The van der Waals surface area contributed by atoms with Gasteiger partial charge in [-0.15, -0.1) is 0 Å². The maximum atomic E-state index is 12.8. The molecule has 1 heterocycles. The Hall–Kier alpha value is -1.85. The number of rotatable bonds is 7. The van der Waals surface area contributed by atoms with Crippen LogP contribution >= 0.6 is 0 Å². The minimum absolute atomic E-state index is 0.0770. The van der Waals surface area contributed by atoms with Crippen LogP contribution in [-0.4, -0.2) is 39.6 Å². The van der Waals surface area contributed by atoms with E-state index in [1.807, 2.05) is 13.1 Å². The number of carbonyl (C=O) groups is 2. The quantitative estimate of drug-likeness (QED) is 0.807. The lowest BCUT2D eigenvalue weighted by Gasteiger charge is -2.25. The first-order valence-corrected chi connectivity index (χ1v) is 9.85. The number of hydrogen-bond acceptors (Lipinski definition) is 3. The van der Waals surface area contributed by atoms with Crippen molar-refractivity contribution in [2.24, 2.45) is 13.0 Å². The largest absolute Gasteiger partial charge is 0.333 e. The maximum absolute atomic E-state index is 12.8. The van der Waals surface area contributed by atoms with Crippen LogP contribution in [0.1, 0.15) is 71.9 Å². The number of nitrogens with zero attached hydrogens (tertiary/aromatic N) is 3. The second-order valence-electron chi connectivity index (χ2n) is 8.43. The molecule has 0 spiro atoms. The van der Waals surface area contributed by atoms with Gasteiger partial charge < -0.3 is 10.2 Å². The summed E-state index contributed by atoms with van der Waals surface area (Å²) >= 11 is 0. The summed E-state index contributed by atoms with van der Waals surface area (Å²) in [7, 11) is 1.82. The van der Waals surface area contributed by atoms with Crippen molar-refractivity contribution in [3.63, 3.8) is 0 Å². The molecule has 1 N–H and O–H groups in total. The summed E-state index contributed by atoms with van der Waals surface area (Å²) in [4.78, 5) is 27.1. The standard InChI is InChI=1S/C20H34N4O2/c1-6-7-12-24(19(26)15-10-8-9-11-15)14-18(25)21-17-13-16(20(2,3)4)22-23(17)5/h13,15H,6-12,14H2,1-5H3,(H,21,25). The van der Waals surface area contributed by atoms with Crippen molar-refractivity contribution < 1.29 is 9.59 Å². The first-order chi connectivity index (χ1) is 12.2. The zero-order valence-corrected chi connectivity index (χ0v) is 17.0. The highest BCUT2D eigenvalue weighted by molar-refractivity contribution is 5.94. The van der Waals surface area contributed by atoms with Crippen LogP contribution in [0.4, 0.5) is 5.82 Å². The molecule has 1 aliphatic carbocycles. The van der Waals surface area contributed by atoms with Crippen LogP contribution in [0.3, 0.4) is 0 Å². The second kappa shape index (κ2) is 8.69. The van der Waals surface area contributed by atoms with Crippen LogP contribution in [0, 0.1) is 5.92 Å². The van der Waals surface area contributed by atoms with Gasteiger partial charge in [0.2, 0.25) is 11.8 Å². The predicted octanol–water partition coefficient (Wildman–Crippen LogP) is 3.48. The van der Waals surface area contributed by atoms with Crippen molar-refractivity contribution in [1.82, 2.24) is 14.7 Å². The van der Waals surface area contributed by atoms with Crippen LogP contribution in [0.25, 0.3) is 0 Å². The van der Waals surface area contributed by atoms with E-state index in [4.69, 9.17) is 0 Å². The number of aryl methyl sites for hydroxylation is 1. The van der Waals surface area contributed by atoms with E-state index in [2.05, 4.69) is 38.1 Å². The molecule has 0 bridgehead atoms. The molecule has 146 valence electrons. The van der Waals surface area contributed by atoms with E-state index in [1.54, 1.807) is 9.58 Å². The Morgan fingerprint density at radius 2 is 1.96 bits per heavy atom. The van der Waals surface area contributed by atoms with E-state index in [9.17, 15) is 9.59 Å². The summed E-state index contributed by atoms with van der Waals surface area (Å²) in [5.41, 5.74) is 0.854. The number of amides is 2. The summed E-state index contributed by atoms with van der Waals surface area (Å²) in [6.07, 6.45) is 6.08. The van der Waals surface area contributed by atoms with Crippen LogP contribution in [0.5, 0.6) is 0 Å². The van der Waals surface area contributed by atoms with E-state index in [0.29, 0.717) is 12.4 Å². The van der Waals surface area contributed by atoms with Gasteiger partial charge in [-0.05, 0) is 19.3 Å². The van der Waals surface area contributed by atoms with Gasteiger partial charge in [0.15, 0.2) is 0 Å². The molecular weight excluding hydrogens is 328 g/mol. The van der Waals surface area contributed by atoms with Crippen molar-refractivity contribution >= 4 is 17.6 Å². The van der Waals surface area contributed by atoms with E-state index in [1.165, 1.54) is 0 Å². The van der Waals surface area contributed by atoms with E-state index >= 15 is 0 Å². The summed E-state index contributed by atoms with van der Waals surface area (Å²) in [5, 5.41) is 7.41. The van der Waals surface area contributed by atoms with E-state index in [0.717, 1.165) is 44.2 Å². The lowest BCUT2D eigenvalue weighted by atomic mass is 9.92. The third-order valence-corrected chi connectivity index (χ3v) is 5.05. The number of nitrogens with one attached hydrogen (secondary N) is 1. The Bertz CT molecular complexity index is 624. The molecule has 0 saturated heterocycles. The zero-order valence-electron chi connectivity index (χ0n) is 17.0. The Balaban J connectivity index is 2.02. The van der Waals surface area contributed by atoms with Crippen molar-refractivity contribution in [2.75, 3.05) is 18.4 Å². The predicted molar refractivity (Wildman–Crippen MR) is 104 cm³/mol. The average molecular weight is 363 g/mol. The highest BCUT2D eigenvalue weighted by Crippen LogP contribution is 2.27. The van der Waals surface area contributed by atoms with Crippen molar-refractivity contribution in [3.05, 3.63) is 11.8 Å². The first kappa shape index (κ1) is 20.5. The van der Waals surface area contributed by atoms with Gasteiger partial charge in [-0.1, -0.05) is 47.0 Å². The molecule has 6 heteroatoms. The number of unbranched alkanes of at least 4 members (excludes halogenated alkanes) is 1. The molecule has 0 atom stereocenters. The molecule has 2 rings (SSSR count). The zero-order chi connectivity index (χ0) is 19.3. The van der Waals surface area contributed by atoms with Crippen LogP contribution in [0.2, 0.25) is 0 Å². The van der Waals surface area contributed by atoms with E-state index < -0.39 is 0 Å². The van der Waals surface area contributed by atoms with Crippen molar-refractivity contribution in [1.29, 1.82) is 0 Å². The number of anilines is 1. The van der Waals surface area contributed by atoms with Gasteiger partial charge in [0.1, 0.15) is 5.82 Å². The van der Waals surface area contributed by atoms with E-state index in [-0.39, 0.29) is 29.7 Å². The Morgan fingerprint density at radius 1 is 1.31 bits per heavy atom. The second-order valence-corrected chi connectivity index (χ2v) is 8.43. The van der Waals surface area contributed by atoms with Gasteiger partial charge >= 0.3 is 0 Å².